The molecule has 154 valence electrons. The highest BCUT2D eigenvalue weighted by Gasteiger charge is 2.11. The second kappa shape index (κ2) is 12.7. The Kier molecular flexibility index (Phi) is 11.1. The van der Waals surface area contributed by atoms with Crippen molar-refractivity contribution in [2.75, 3.05) is 25.9 Å². The number of nitrogens with zero attached hydrogens (tertiary/aromatic N) is 1. The molecule has 6 nitrogen and oxygen atoms in total. The van der Waals surface area contributed by atoms with Crippen LogP contribution in [0.1, 0.15) is 24.0 Å². The second-order valence-electron chi connectivity index (χ2n) is 6.32. The zero-order valence-electron chi connectivity index (χ0n) is 16.3. The predicted molar refractivity (Wildman–Crippen MR) is 127 cm³/mol. The predicted octanol–water partition coefficient (Wildman–Crippen LogP) is 2.69. The summed E-state index contributed by atoms with van der Waals surface area (Å²) in [5, 5.41) is 6.29. The molecule has 8 heteroatoms. The minimum absolute atomic E-state index is 0. The molecule has 1 atom stereocenters. The van der Waals surface area contributed by atoms with Gasteiger partial charge >= 0.3 is 0 Å². The molecule has 0 radical (unpaired) electrons. The lowest BCUT2D eigenvalue weighted by atomic mass is 10.0. The Morgan fingerprint density at radius 3 is 2.21 bits per heavy atom. The molecule has 0 heterocycles. The first-order chi connectivity index (χ1) is 13.0. The van der Waals surface area contributed by atoms with Crippen LogP contribution in [0.5, 0.6) is 0 Å². The van der Waals surface area contributed by atoms with Gasteiger partial charge in [-0.25, -0.2) is 13.1 Å². The number of nitrogens with one attached hydrogen (secondary N) is 3. The van der Waals surface area contributed by atoms with Crippen molar-refractivity contribution in [1.29, 1.82) is 0 Å². The SMILES string of the molecule is CN=C(NCCS(=O)(=O)NCc1ccccc1)NCC(C)c1ccccc1.I. The third-order valence-electron chi connectivity index (χ3n) is 4.17. The van der Waals surface area contributed by atoms with E-state index in [1.807, 2.05) is 48.5 Å². The van der Waals surface area contributed by atoms with Crippen molar-refractivity contribution in [3.05, 3.63) is 71.8 Å². The summed E-state index contributed by atoms with van der Waals surface area (Å²) in [6.07, 6.45) is 0. The Morgan fingerprint density at radius 1 is 1.00 bits per heavy atom. The lowest BCUT2D eigenvalue weighted by molar-refractivity contribution is 0.579. The molecule has 0 aliphatic rings. The van der Waals surface area contributed by atoms with E-state index in [-0.39, 0.29) is 36.3 Å². The number of hydrogen-bond acceptors (Lipinski definition) is 3. The van der Waals surface area contributed by atoms with Crippen molar-refractivity contribution in [3.63, 3.8) is 0 Å². The minimum atomic E-state index is -3.35. The monoisotopic (exact) mass is 516 g/mol. The quantitative estimate of drug-likeness (QED) is 0.272. The van der Waals surface area contributed by atoms with Crippen molar-refractivity contribution in [2.24, 2.45) is 4.99 Å². The Morgan fingerprint density at radius 2 is 1.61 bits per heavy atom. The van der Waals surface area contributed by atoms with Crippen molar-refractivity contribution in [2.45, 2.75) is 19.4 Å². The fourth-order valence-electron chi connectivity index (χ4n) is 2.53. The largest absolute Gasteiger partial charge is 0.356 e. The molecule has 0 bridgehead atoms. The molecule has 0 aliphatic heterocycles. The number of rotatable bonds is 9. The number of halogens is 1. The highest BCUT2D eigenvalue weighted by Crippen LogP contribution is 2.12. The summed E-state index contributed by atoms with van der Waals surface area (Å²) < 4.78 is 26.8. The van der Waals surface area contributed by atoms with Crippen LogP contribution in [0.3, 0.4) is 0 Å². The van der Waals surface area contributed by atoms with E-state index >= 15 is 0 Å². The first-order valence-electron chi connectivity index (χ1n) is 9.01. The molecule has 0 amide bonds. The summed E-state index contributed by atoms with van der Waals surface area (Å²) in [5.41, 5.74) is 2.18. The molecular weight excluding hydrogens is 487 g/mol. The first kappa shape index (κ1) is 24.4. The van der Waals surface area contributed by atoms with Gasteiger partial charge < -0.3 is 10.6 Å². The second-order valence-corrected chi connectivity index (χ2v) is 8.24. The van der Waals surface area contributed by atoms with E-state index in [0.717, 1.165) is 5.56 Å². The fourth-order valence-corrected chi connectivity index (χ4v) is 3.44. The van der Waals surface area contributed by atoms with Gasteiger partial charge in [0.25, 0.3) is 0 Å². The smallest absolute Gasteiger partial charge is 0.213 e. The minimum Gasteiger partial charge on any atom is -0.356 e. The van der Waals surface area contributed by atoms with Crippen LogP contribution in [-0.2, 0) is 16.6 Å². The molecule has 0 saturated heterocycles. The maximum absolute atomic E-state index is 12.1. The van der Waals surface area contributed by atoms with Gasteiger partial charge in [-0.05, 0) is 17.0 Å². The number of sulfonamides is 1. The van der Waals surface area contributed by atoms with Gasteiger partial charge in [0.05, 0.1) is 5.75 Å². The molecule has 0 fully saturated rings. The van der Waals surface area contributed by atoms with E-state index in [1.54, 1.807) is 7.05 Å². The van der Waals surface area contributed by atoms with E-state index in [0.29, 0.717) is 25.0 Å². The van der Waals surface area contributed by atoms with Crippen LogP contribution in [0.2, 0.25) is 0 Å². The standard InChI is InChI=1S/C20H28N4O2S.HI/c1-17(19-11-7-4-8-12-19)15-23-20(21-2)22-13-14-27(25,26)24-16-18-9-5-3-6-10-18;/h3-12,17,24H,13-16H2,1-2H3,(H2,21,22,23);1H. The number of aliphatic imine (C=N–C) groups is 1. The van der Waals surface area contributed by atoms with Crippen LogP contribution >= 0.6 is 24.0 Å². The van der Waals surface area contributed by atoms with E-state index in [1.165, 1.54) is 5.56 Å². The van der Waals surface area contributed by atoms with Gasteiger partial charge in [-0.3, -0.25) is 4.99 Å². The third kappa shape index (κ3) is 9.03. The number of hydrogen-bond donors (Lipinski definition) is 3. The lowest BCUT2D eigenvalue weighted by Crippen LogP contribution is -2.42. The average Bonchev–Trinajstić information content (AvgIpc) is 2.70. The zero-order valence-corrected chi connectivity index (χ0v) is 19.4. The van der Waals surface area contributed by atoms with Crippen LogP contribution < -0.4 is 15.4 Å². The topological polar surface area (TPSA) is 82.6 Å². The lowest BCUT2D eigenvalue weighted by Gasteiger charge is -2.16. The molecule has 28 heavy (non-hydrogen) atoms. The van der Waals surface area contributed by atoms with Crippen LogP contribution in [0.25, 0.3) is 0 Å². The van der Waals surface area contributed by atoms with E-state index in [2.05, 4.69) is 39.4 Å². The third-order valence-corrected chi connectivity index (χ3v) is 5.50. The molecule has 0 aliphatic carbocycles. The van der Waals surface area contributed by atoms with Crippen LogP contribution in [0.4, 0.5) is 0 Å². The summed E-state index contributed by atoms with van der Waals surface area (Å²) in [6, 6.07) is 19.7. The van der Waals surface area contributed by atoms with E-state index in [4.69, 9.17) is 0 Å². The summed E-state index contributed by atoms with van der Waals surface area (Å²) in [5.74, 6) is 0.895. The molecule has 3 N–H and O–H groups in total. The Labute approximate surface area is 185 Å². The van der Waals surface area contributed by atoms with E-state index in [9.17, 15) is 8.42 Å². The molecule has 0 spiro atoms. The molecule has 0 aromatic heterocycles. The van der Waals surface area contributed by atoms with Gasteiger partial charge in [-0.15, -0.1) is 24.0 Å². The van der Waals surface area contributed by atoms with Crippen molar-refractivity contribution < 1.29 is 8.42 Å². The van der Waals surface area contributed by atoms with Crippen LogP contribution in [0, 0.1) is 0 Å². The van der Waals surface area contributed by atoms with Gasteiger partial charge in [0.15, 0.2) is 5.96 Å². The summed E-state index contributed by atoms with van der Waals surface area (Å²) in [6.45, 7) is 3.42. The van der Waals surface area contributed by atoms with Gasteiger partial charge in [0.2, 0.25) is 10.0 Å². The highest BCUT2D eigenvalue weighted by atomic mass is 127. The Hall–Kier alpha value is -1.65. The average molecular weight is 516 g/mol. The maximum Gasteiger partial charge on any atom is 0.213 e. The van der Waals surface area contributed by atoms with E-state index < -0.39 is 10.0 Å². The maximum atomic E-state index is 12.1. The summed E-state index contributed by atoms with van der Waals surface area (Å²) in [4.78, 5) is 4.15. The normalized spacial score (nSPS) is 12.7. The van der Waals surface area contributed by atoms with Crippen molar-refractivity contribution >= 4 is 40.0 Å². The van der Waals surface area contributed by atoms with Crippen LogP contribution in [-0.4, -0.2) is 40.3 Å². The molecular formula is C20H29IN4O2S. The van der Waals surface area contributed by atoms with Gasteiger partial charge in [0.1, 0.15) is 0 Å². The molecule has 2 aromatic rings. The first-order valence-corrected chi connectivity index (χ1v) is 10.7. The van der Waals surface area contributed by atoms with Gasteiger partial charge in [-0.2, -0.15) is 0 Å². The van der Waals surface area contributed by atoms with Gasteiger partial charge in [-0.1, -0.05) is 67.6 Å². The van der Waals surface area contributed by atoms with Crippen LogP contribution in [0.15, 0.2) is 65.7 Å². The van der Waals surface area contributed by atoms with Gasteiger partial charge in [0, 0.05) is 26.7 Å². The number of benzene rings is 2. The van der Waals surface area contributed by atoms with Crippen molar-refractivity contribution in [3.8, 4) is 0 Å². The Balaban J connectivity index is 0.00000392. The fraction of sp³-hybridized carbons (Fsp3) is 0.350. The summed E-state index contributed by atoms with van der Waals surface area (Å²) >= 11 is 0. The molecule has 2 rings (SSSR count). The molecule has 2 aromatic carbocycles. The zero-order chi connectivity index (χ0) is 19.5. The van der Waals surface area contributed by atoms with Crippen molar-refractivity contribution in [1.82, 2.24) is 15.4 Å². The molecule has 0 saturated carbocycles. The summed E-state index contributed by atoms with van der Waals surface area (Å²) in [7, 11) is -1.68. The number of guanidine groups is 1. The molecule has 1 unspecified atom stereocenters. The Bertz CT molecular complexity index is 815. The highest BCUT2D eigenvalue weighted by molar-refractivity contribution is 14.0.